The first-order chi connectivity index (χ1) is 16.8. The lowest BCUT2D eigenvalue weighted by Gasteiger charge is -2.12. The van der Waals surface area contributed by atoms with Crippen molar-refractivity contribution in [1.29, 1.82) is 0 Å². The van der Waals surface area contributed by atoms with Crippen LogP contribution in [-0.2, 0) is 11.2 Å². The van der Waals surface area contributed by atoms with E-state index in [1.165, 1.54) is 5.56 Å². The van der Waals surface area contributed by atoms with Crippen LogP contribution in [0, 0.1) is 6.92 Å². The van der Waals surface area contributed by atoms with E-state index in [-0.39, 0.29) is 17.6 Å². The zero-order valence-electron chi connectivity index (χ0n) is 19.7. The molecule has 0 aliphatic heterocycles. The van der Waals surface area contributed by atoms with Gasteiger partial charge in [0, 0.05) is 17.1 Å². The first-order valence-corrected chi connectivity index (χ1v) is 12.0. The third-order valence-corrected chi connectivity index (χ3v) is 5.88. The Labute approximate surface area is 214 Å². The number of carbonyl (C=O) groups is 1. The van der Waals surface area contributed by atoms with Gasteiger partial charge in [0.1, 0.15) is 11.3 Å². The van der Waals surface area contributed by atoms with E-state index in [0.717, 1.165) is 27.9 Å². The first-order valence-electron chi connectivity index (χ1n) is 11.2. The van der Waals surface area contributed by atoms with Crippen LogP contribution in [-0.4, -0.2) is 22.6 Å². The average Bonchev–Trinajstić information content (AvgIpc) is 3.21. The standard InChI is InChI=1S/C27H26ClN3O3S/c1-16(2)19-6-10-24-22(14-19)30-26(34-24)13-18-4-8-21(9-5-18)29-27(35)31-25(32)15-33-23-11-7-20(28)12-17(23)3/h4-12,14,16H,13,15H2,1-3H3,(H2,29,31,32,35). The molecule has 0 spiro atoms. The molecule has 1 aromatic heterocycles. The zero-order chi connectivity index (χ0) is 24.9. The van der Waals surface area contributed by atoms with Gasteiger partial charge < -0.3 is 14.5 Å². The number of ether oxygens (including phenoxy) is 1. The predicted octanol–water partition coefficient (Wildman–Crippen LogP) is 6.40. The van der Waals surface area contributed by atoms with Gasteiger partial charge in [-0.2, -0.15) is 0 Å². The highest BCUT2D eigenvalue weighted by Crippen LogP contribution is 2.24. The van der Waals surface area contributed by atoms with Crippen molar-refractivity contribution in [3.63, 3.8) is 0 Å². The summed E-state index contributed by atoms with van der Waals surface area (Å²) in [4.78, 5) is 16.8. The Morgan fingerprint density at radius 1 is 1.11 bits per heavy atom. The topological polar surface area (TPSA) is 76.4 Å². The first kappa shape index (κ1) is 24.7. The van der Waals surface area contributed by atoms with Crippen molar-refractivity contribution in [2.75, 3.05) is 11.9 Å². The molecule has 1 heterocycles. The van der Waals surface area contributed by atoms with Crippen LogP contribution in [0.25, 0.3) is 11.1 Å². The molecule has 35 heavy (non-hydrogen) atoms. The highest BCUT2D eigenvalue weighted by molar-refractivity contribution is 7.80. The number of hydrogen-bond donors (Lipinski definition) is 2. The van der Waals surface area contributed by atoms with E-state index >= 15 is 0 Å². The maximum Gasteiger partial charge on any atom is 0.264 e. The van der Waals surface area contributed by atoms with E-state index in [9.17, 15) is 4.79 Å². The van der Waals surface area contributed by atoms with Crippen molar-refractivity contribution in [3.8, 4) is 5.75 Å². The van der Waals surface area contributed by atoms with E-state index in [1.54, 1.807) is 18.2 Å². The number of rotatable bonds is 7. The van der Waals surface area contributed by atoms with Gasteiger partial charge in [0.05, 0.1) is 0 Å². The van der Waals surface area contributed by atoms with Crippen molar-refractivity contribution < 1.29 is 13.9 Å². The molecule has 4 rings (SSSR count). The van der Waals surface area contributed by atoms with E-state index in [4.69, 9.17) is 33.0 Å². The second kappa shape index (κ2) is 10.9. The van der Waals surface area contributed by atoms with Gasteiger partial charge in [0.15, 0.2) is 23.2 Å². The largest absolute Gasteiger partial charge is 0.483 e. The summed E-state index contributed by atoms with van der Waals surface area (Å²) >= 11 is 11.2. The molecule has 4 aromatic rings. The van der Waals surface area contributed by atoms with E-state index < -0.39 is 0 Å². The fourth-order valence-electron chi connectivity index (χ4n) is 3.55. The molecule has 3 aromatic carbocycles. The lowest BCUT2D eigenvalue weighted by molar-refractivity contribution is -0.121. The SMILES string of the molecule is Cc1cc(Cl)ccc1OCC(=O)NC(=S)Nc1ccc(Cc2nc3cc(C(C)C)ccc3o2)cc1. The maximum absolute atomic E-state index is 12.2. The fourth-order valence-corrected chi connectivity index (χ4v) is 4.01. The normalized spacial score (nSPS) is 11.0. The minimum absolute atomic E-state index is 0.160. The van der Waals surface area contributed by atoms with Gasteiger partial charge >= 0.3 is 0 Å². The van der Waals surface area contributed by atoms with E-state index in [0.29, 0.717) is 29.0 Å². The molecule has 0 saturated heterocycles. The van der Waals surface area contributed by atoms with Crippen LogP contribution >= 0.6 is 23.8 Å². The summed E-state index contributed by atoms with van der Waals surface area (Å²) in [6, 6.07) is 19.1. The molecular weight excluding hydrogens is 482 g/mol. The number of anilines is 1. The smallest absolute Gasteiger partial charge is 0.264 e. The predicted molar refractivity (Wildman–Crippen MR) is 143 cm³/mol. The van der Waals surface area contributed by atoms with Gasteiger partial charge in [-0.3, -0.25) is 10.1 Å². The Hall–Kier alpha value is -3.42. The number of aromatic nitrogens is 1. The van der Waals surface area contributed by atoms with E-state index in [1.807, 2.05) is 37.3 Å². The summed E-state index contributed by atoms with van der Waals surface area (Å²) in [5.41, 5.74) is 5.56. The quantitative estimate of drug-likeness (QED) is 0.282. The molecule has 0 fully saturated rings. The summed E-state index contributed by atoms with van der Waals surface area (Å²) in [6.07, 6.45) is 0.578. The monoisotopic (exact) mass is 507 g/mol. The molecular formula is C27H26ClN3O3S. The molecule has 1 amide bonds. The lowest BCUT2D eigenvalue weighted by Crippen LogP contribution is -2.37. The molecule has 180 valence electrons. The molecule has 0 saturated carbocycles. The molecule has 0 aliphatic rings. The van der Waals surface area contributed by atoms with Gasteiger partial charge in [-0.15, -0.1) is 0 Å². The number of thiocarbonyl (C=S) groups is 1. The second-order valence-electron chi connectivity index (χ2n) is 8.56. The molecule has 8 heteroatoms. The van der Waals surface area contributed by atoms with E-state index in [2.05, 4.69) is 41.6 Å². The number of halogens is 1. The molecule has 0 radical (unpaired) electrons. The highest BCUT2D eigenvalue weighted by atomic mass is 35.5. The number of hydrogen-bond acceptors (Lipinski definition) is 5. The van der Waals surface area contributed by atoms with Crippen LogP contribution in [0.2, 0.25) is 5.02 Å². The van der Waals surface area contributed by atoms with Crippen molar-refractivity contribution in [3.05, 3.63) is 88.3 Å². The Bertz CT molecular complexity index is 1370. The van der Waals surface area contributed by atoms with Crippen molar-refractivity contribution >= 4 is 51.6 Å². The van der Waals surface area contributed by atoms with Gasteiger partial charge in [0.25, 0.3) is 5.91 Å². The average molecular weight is 508 g/mol. The fraction of sp³-hybridized carbons (Fsp3) is 0.222. The Balaban J connectivity index is 1.28. The third kappa shape index (κ3) is 6.59. The highest BCUT2D eigenvalue weighted by Gasteiger charge is 2.10. The summed E-state index contributed by atoms with van der Waals surface area (Å²) in [5, 5.41) is 6.43. The van der Waals surface area contributed by atoms with Crippen molar-refractivity contribution in [1.82, 2.24) is 10.3 Å². The summed E-state index contributed by atoms with van der Waals surface area (Å²) in [5.74, 6) is 1.35. The summed E-state index contributed by atoms with van der Waals surface area (Å²) in [7, 11) is 0. The minimum Gasteiger partial charge on any atom is -0.483 e. The Morgan fingerprint density at radius 2 is 1.89 bits per heavy atom. The minimum atomic E-state index is -0.356. The van der Waals surface area contributed by atoms with Crippen LogP contribution in [0.4, 0.5) is 5.69 Å². The number of fused-ring (bicyclic) bond motifs is 1. The van der Waals surface area contributed by atoms with Gasteiger partial charge in [-0.05, 0) is 84.2 Å². The molecule has 0 unspecified atom stereocenters. The number of nitrogens with zero attached hydrogens (tertiary/aromatic N) is 1. The molecule has 0 atom stereocenters. The number of carbonyl (C=O) groups excluding carboxylic acids is 1. The number of oxazole rings is 1. The van der Waals surface area contributed by atoms with Crippen LogP contribution in [0.15, 0.2) is 65.1 Å². The Kier molecular flexibility index (Phi) is 7.68. The van der Waals surface area contributed by atoms with Crippen LogP contribution in [0.1, 0.15) is 42.3 Å². The van der Waals surface area contributed by atoms with Crippen LogP contribution < -0.4 is 15.4 Å². The van der Waals surface area contributed by atoms with Crippen molar-refractivity contribution in [2.45, 2.75) is 33.1 Å². The third-order valence-electron chi connectivity index (χ3n) is 5.44. The van der Waals surface area contributed by atoms with Crippen molar-refractivity contribution in [2.24, 2.45) is 0 Å². The Morgan fingerprint density at radius 3 is 2.60 bits per heavy atom. The zero-order valence-corrected chi connectivity index (χ0v) is 21.3. The molecule has 0 bridgehead atoms. The molecule has 0 aliphatic carbocycles. The number of aryl methyl sites for hydroxylation is 1. The number of benzene rings is 3. The van der Waals surface area contributed by atoms with Crippen LogP contribution in [0.5, 0.6) is 5.75 Å². The maximum atomic E-state index is 12.2. The van der Waals surface area contributed by atoms with Gasteiger partial charge in [-0.1, -0.05) is 43.6 Å². The summed E-state index contributed by atoms with van der Waals surface area (Å²) in [6.45, 7) is 6.02. The van der Waals surface area contributed by atoms with Gasteiger partial charge in [-0.25, -0.2) is 4.98 Å². The van der Waals surface area contributed by atoms with Gasteiger partial charge in [0.2, 0.25) is 0 Å². The number of amides is 1. The second-order valence-corrected chi connectivity index (χ2v) is 9.41. The summed E-state index contributed by atoms with van der Waals surface area (Å²) < 4.78 is 11.4. The van der Waals surface area contributed by atoms with Crippen LogP contribution in [0.3, 0.4) is 0 Å². The lowest BCUT2D eigenvalue weighted by atomic mass is 10.0. The molecule has 6 nitrogen and oxygen atoms in total. The molecule has 2 N–H and O–H groups in total. The number of nitrogens with one attached hydrogen (secondary N) is 2.